The van der Waals surface area contributed by atoms with Crippen LogP contribution in [0.3, 0.4) is 0 Å². The van der Waals surface area contributed by atoms with E-state index in [0.717, 1.165) is 4.57 Å². The van der Waals surface area contributed by atoms with E-state index in [1.807, 2.05) is 6.07 Å². The van der Waals surface area contributed by atoms with Crippen LogP contribution >= 0.6 is 0 Å². The second-order valence-corrected chi connectivity index (χ2v) is 4.32. The van der Waals surface area contributed by atoms with Gasteiger partial charge in [0.05, 0.1) is 23.7 Å². The minimum Gasteiger partial charge on any atom is -0.497 e. The zero-order valence-corrected chi connectivity index (χ0v) is 10.8. The Balaban J connectivity index is 2.39. The predicted molar refractivity (Wildman–Crippen MR) is 76.7 cm³/mol. The summed E-state index contributed by atoms with van der Waals surface area (Å²) in [6.45, 7) is 0. The van der Waals surface area contributed by atoms with E-state index in [9.17, 15) is 9.59 Å². The van der Waals surface area contributed by atoms with Crippen molar-refractivity contribution < 1.29 is 4.74 Å². The van der Waals surface area contributed by atoms with Crippen LogP contribution in [0.1, 0.15) is 0 Å². The van der Waals surface area contributed by atoms with Gasteiger partial charge in [-0.3, -0.25) is 4.79 Å². The highest BCUT2D eigenvalue weighted by Gasteiger charge is 2.09. The second-order valence-electron chi connectivity index (χ2n) is 4.32. The number of nitrogens with one attached hydrogen (secondary N) is 1. The average Bonchev–Trinajstić information content (AvgIpc) is 2.48. The Morgan fingerprint density at radius 3 is 2.50 bits per heavy atom. The molecule has 5 nitrogen and oxygen atoms in total. The van der Waals surface area contributed by atoms with Crippen LogP contribution in [-0.4, -0.2) is 16.7 Å². The third-order valence-corrected chi connectivity index (χ3v) is 3.12. The number of H-pyrrole nitrogens is 1. The Labute approximate surface area is 114 Å². The van der Waals surface area contributed by atoms with Crippen LogP contribution in [0.15, 0.2) is 58.1 Å². The number of aromatic amines is 1. The number of methoxy groups -OCH3 is 1. The number of aromatic nitrogens is 2. The molecule has 0 aliphatic heterocycles. The first kappa shape index (κ1) is 12.2. The molecule has 0 amide bonds. The predicted octanol–water partition coefficient (Wildman–Crippen LogP) is 1.69. The second kappa shape index (κ2) is 4.70. The molecule has 0 unspecified atom stereocenters. The van der Waals surface area contributed by atoms with Gasteiger partial charge in [0, 0.05) is 0 Å². The molecule has 0 spiro atoms. The van der Waals surface area contributed by atoms with Gasteiger partial charge in [-0.05, 0) is 30.3 Å². The average molecular weight is 268 g/mol. The van der Waals surface area contributed by atoms with Crippen molar-refractivity contribution in [3.63, 3.8) is 0 Å². The number of rotatable bonds is 2. The van der Waals surface area contributed by atoms with Crippen molar-refractivity contribution in [2.24, 2.45) is 0 Å². The molecule has 0 saturated heterocycles. The minimum atomic E-state index is -0.459. The molecule has 0 fully saturated rings. The van der Waals surface area contributed by atoms with E-state index in [1.165, 1.54) is 7.11 Å². The summed E-state index contributed by atoms with van der Waals surface area (Å²) in [5.41, 5.74) is 0.198. The third-order valence-electron chi connectivity index (χ3n) is 3.12. The Morgan fingerprint density at radius 2 is 1.80 bits per heavy atom. The van der Waals surface area contributed by atoms with Crippen LogP contribution < -0.4 is 16.0 Å². The summed E-state index contributed by atoms with van der Waals surface area (Å²) in [4.78, 5) is 27.3. The molecule has 0 bridgehead atoms. The van der Waals surface area contributed by atoms with Crippen molar-refractivity contribution in [2.45, 2.75) is 0 Å². The molecule has 0 saturated carbocycles. The maximum Gasteiger partial charge on any atom is 0.333 e. The van der Waals surface area contributed by atoms with E-state index >= 15 is 0 Å². The van der Waals surface area contributed by atoms with Gasteiger partial charge in [0.15, 0.2) is 0 Å². The topological polar surface area (TPSA) is 64.1 Å². The Bertz CT molecular complexity index is 879. The number of benzene rings is 2. The summed E-state index contributed by atoms with van der Waals surface area (Å²) in [7, 11) is 1.53. The van der Waals surface area contributed by atoms with Gasteiger partial charge in [0.2, 0.25) is 0 Å². The lowest BCUT2D eigenvalue weighted by Gasteiger charge is -2.07. The van der Waals surface area contributed by atoms with Crippen molar-refractivity contribution in [3.05, 3.63) is 69.4 Å². The fraction of sp³-hybridized carbons (Fsp3) is 0.0667. The van der Waals surface area contributed by atoms with Crippen molar-refractivity contribution >= 4 is 10.9 Å². The first-order chi connectivity index (χ1) is 9.70. The SMILES string of the molecule is COc1ccc2[nH]c(=O)n(-c3ccccc3)c(=O)c2c1. The van der Waals surface area contributed by atoms with Gasteiger partial charge in [-0.1, -0.05) is 18.2 Å². The molecule has 0 aliphatic rings. The highest BCUT2D eigenvalue weighted by molar-refractivity contribution is 5.79. The molecule has 1 heterocycles. The number of nitrogens with zero attached hydrogens (tertiary/aromatic N) is 1. The first-order valence-corrected chi connectivity index (χ1v) is 6.09. The molecule has 0 radical (unpaired) electrons. The van der Waals surface area contributed by atoms with E-state index in [4.69, 9.17) is 4.74 Å². The maximum atomic E-state index is 12.5. The van der Waals surface area contributed by atoms with Gasteiger partial charge >= 0.3 is 5.69 Å². The van der Waals surface area contributed by atoms with E-state index in [-0.39, 0.29) is 5.56 Å². The van der Waals surface area contributed by atoms with Gasteiger partial charge in [-0.15, -0.1) is 0 Å². The molecule has 2 aromatic carbocycles. The van der Waals surface area contributed by atoms with E-state index < -0.39 is 5.69 Å². The lowest BCUT2D eigenvalue weighted by atomic mass is 10.2. The van der Waals surface area contributed by atoms with Crippen molar-refractivity contribution in [3.8, 4) is 11.4 Å². The van der Waals surface area contributed by atoms with Crippen LogP contribution in [0.5, 0.6) is 5.75 Å². The lowest BCUT2D eigenvalue weighted by molar-refractivity contribution is 0.415. The van der Waals surface area contributed by atoms with Gasteiger partial charge in [-0.25, -0.2) is 9.36 Å². The van der Waals surface area contributed by atoms with Gasteiger partial charge in [0.25, 0.3) is 5.56 Å². The van der Waals surface area contributed by atoms with Crippen molar-refractivity contribution in [1.29, 1.82) is 0 Å². The molecule has 20 heavy (non-hydrogen) atoms. The summed E-state index contributed by atoms with van der Waals surface area (Å²) in [6.07, 6.45) is 0. The standard InChI is InChI=1S/C15H12N2O3/c1-20-11-7-8-13-12(9-11)14(18)17(15(19)16-13)10-5-3-2-4-6-10/h2-9H,1H3,(H,16,19). The number of para-hydroxylation sites is 1. The van der Waals surface area contributed by atoms with Crippen molar-refractivity contribution in [2.75, 3.05) is 7.11 Å². The smallest absolute Gasteiger partial charge is 0.333 e. The van der Waals surface area contributed by atoms with Crippen molar-refractivity contribution in [1.82, 2.24) is 9.55 Å². The summed E-state index contributed by atoms with van der Waals surface area (Å²) in [5, 5.41) is 0.410. The highest BCUT2D eigenvalue weighted by atomic mass is 16.5. The number of hydrogen-bond acceptors (Lipinski definition) is 3. The van der Waals surface area contributed by atoms with Crippen LogP contribution in [-0.2, 0) is 0 Å². The molecule has 3 aromatic rings. The minimum absolute atomic E-state index is 0.367. The Kier molecular flexibility index (Phi) is 2.87. The molecular weight excluding hydrogens is 256 g/mol. The molecular formula is C15H12N2O3. The largest absolute Gasteiger partial charge is 0.497 e. The first-order valence-electron chi connectivity index (χ1n) is 6.09. The van der Waals surface area contributed by atoms with Gasteiger partial charge in [0.1, 0.15) is 5.75 Å². The quantitative estimate of drug-likeness (QED) is 0.769. The molecule has 5 heteroatoms. The number of ether oxygens (including phenoxy) is 1. The van der Waals surface area contributed by atoms with Crippen LogP contribution in [0.4, 0.5) is 0 Å². The zero-order valence-electron chi connectivity index (χ0n) is 10.8. The number of fused-ring (bicyclic) bond motifs is 1. The summed E-state index contributed by atoms with van der Waals surface area (Å²) in [5.74, 6) is 0.571. The van der Waals surface area contributed by atoms with E-state index in [0.29, 0.717) is 22.3 Å². The van der Waals surface area contributed by atoms with Gasteiger partial charge < -0.3 is 9.72 Å². The fourth-order valence-corrected chi connectivity index (χ4v) is 2.13. The maximum absolute atomic E-state index is 12.5. The van der Waals surface area contributed by atoms with Gasteiger partial charge in [-0.2, -0.15) is 0 Å². The van der Waals surface area contributed by atoms with Crippen LogP contribution in [0.25, 0.3) is 16.6 Å². The van der Waals surface area contributed by atoms with E-state index in [2.05, 4.69) is 4.98 Å². The summed E-state index contributed by atoms with van der Waals surface area (Å²) >= 11 is 0. The summed E-state index contributed by atoms with van der Waals surface area (Å²) in [6, 6.07) is 13.8. The zero-order chi connectivity index (χ0) is 14.1. The Morgan fingerprint density at radius 1 is 1.05 bits per heavy atom. The fourth-order valence-electron chi connectivity index (χ4n) is 2.13. The summed E-state index contributed by atoms with van der Waals surface area (Å²) < 4.78 is 6.23. The molecule has 1 N–H and O–H groups in total. The molecule has 0 aliphatic carbocycles. The van der Waals surface area contributed by atoms with Crippen LogP contribution in [0, 0.1) is 0 Å². The Hall–Kier alpha value is -2.82. The lowest BCUT2D eigenvalue weighted by Crippen LogP contribution is -2.33. The molecule has 1 aromatic heterocycles. The third kappa shape index (κ3) is 1.89. The van der Waals surface area contributed by atoms with Crippen LogP contribution in [0.2, 0.25) is 0 Å². The molecule has 0 atom stereocenters. The number of hydrogen-bond donors (Lipinski definition) is 1. The normalized spacial score (nSPS) is 10.7. The monoisotopic (exact) mass is 268 g/mol. The molecule has 100 valence electrons. The van der Waals surface area contributed by atoms with E-state index in [1.54, 1.807) is 42.5 Å². The molecule has 3 rings (SSSR count). The highest BCUT2D eigenvalue weighted by Crippen LogP contribution is 2.15.